The minimum absolute atomic E-state index is 0.0205. The molecule has 0 spiro atoms. The maximum absolute atomic E-state index is 12.5. The van der Waals surface area contributed by atoms with Crippen molar-refractivity contribution in [3.05, 3.63) is 36.0 Å². The van der Waals surface area contributed by atoms with Crippen molar-refractivity contribution in [2.75, 3.05) is 20.3 Å². The van der Waals surface area contributed by atoms with Crippen LogP contribution in [0.25, 0.3) is 0 Å². The van der Waals surface area contributed by atoms with Crippen LogP contribution in [0.2, 0.25) is 0 Å². The molecule has 2 heterocycles. The van der Waals surface area contributed by atoms with Crippen molar-refractivity contribution in [1.82, 2.24) is 9.88 Å². The number of likely N-dealkylation sites (tertiary alicyclic amines) is 1. The molecule has 29 heavy (non-hydrogen) atoms. The molecule has 1 aromatic heterocycles. The second-order valence-corrected chi connectivity index (χ2v) is 6.70. The summed E-state index contributed by atoms with van der Waals surface area (Å²) in [6, 6.07) is 3.11. The van der Waals surface area contributed by atoms with Gasteiger partial charge in [-0.25, -0.2) is 0 Å². The third-order valence-electron chi connectivity index (χ3n) is 4.75. The third-order valence-corrected chi connectivity index (χ3v) is 4.75. The molecule has 0 N–H and O–H groups in total. The van der Waals surface area contributed by atoms with E-state index < -0.39 is 6.04 Å². The Bertz CT molecular complexity index is 766. The monoisotopic (exact) mass is 399 g/mol. The van der Waals surface area contributed by atoms with Crippen LogP contribution in [0.15, 0.2) is 35.5 Å². The van der Waals surface area contributed by atoms with Crippen molar-refractivity contribution < 1.29 is 23.8 Å². The van der Waals surface area contributed by atoms with Crippen LogP contribution in [-0.4, -0.2) is 67.4 Å². The molecule has 1 saturated heterocycles. The van der Waals surface area contributed by atoms with Gasteiger partial charge in [0, 0.05) is 0 Å². The Morgan fingerprint density at radius 2 is 2.28 bits per heavy atom. The molecule has 0 bridgehead atoms. The Morgan fingerprint density at radius 1 is 1.48 bits per heavy atom. The van der Waals surface area contributed by atoms with E-state index >= 15 is 0 Å². The first-order valence-electron chi connectivity index (χ1n) is 9.59. The summed E-state index contributed by atoms with van der Waals surface area (Å²) in [6.07, 6.45) is 7.30. The SMILES string of the molecule is CCOC(=O)C[C@H](C=CCN1C(=O)[C@@H](N=CB=O)C[C@H]1C)c1ccc(OC)nc1. The molecular formula is C20H26BN3O5. The quantitative estimate of drug-likeness (QED) is 0.257. The number of rotatable bonds is 10. The molecular weight excluding hydrogens is 373 g/mol. The van der Waals surface area contributed by atoms with Gasteiger partial charge in [-0.1, -0.05) is 0 Å². The summed E-state index contributed by atoms with van der Waals surface area (Å²) < 4.78 is 20.6. The van der Waals surface area contributed by atoms with Crippen LogP contribution >= 0.6 is 0 Å². The van der Waals surface area contributed by atoms with Gasteiger partial charge in [-0.2, -0.15) is 0 Å². The van der Waals surface area contributed by atoms with Crippen LogP contribution in [0.5, 0.6) is 5.88 Å². The van der Waals surface area contributed by atoms with Crippen molar-refractivity contribution in [3.8, 4) is 5.88 Å². The Hall–Kier alpha value is -2.84. The van der Waals surface area contributed by atoms with Crippen molar-refractivity contribution >= 4 is 25.1 Å². The number of carbonyl (C=O) groups is 2. The number of hydrogen-bond donors (Lipinski definition) is 0. The molecule has 0 aliphatic carbocycles. The Balaban J connectivity index is 2.09. The normalized spacial score (nSPS) is 20.2. The molecule has 1 fully saturated rings. The topological polar surface area (TPSA) is 98.2 Å². The predicted octanol–water partition coefficient (Wildman–Crippen LogP) is 1.75. The van der Waals surface area contributed by atoms with Gasteiger partial charge in [-0.3, -0.25) is 0 Å². The number of amides is 1. The van der Waals surface area contributed by atoms with E-state index in [1.165, 1.54) is 0 Å². The molecule has 0 radical (unpaired) electrons. The fourth-order valence-electron chi connectivity index (χ4n) is 3.26. The second-order valence-electron chi connectivity index (χ2n) is 6.70. The van der Waals surface area contributed by atoms with Crippen LogP contribution in [0.1, 0.15) is 38.2 Å². The van der Waals surface area contributed by atoms with Crippen LogP contribution in [0, 0.1) is 0 Å². The molecule has 0 aromatic carbocycles. The molecule has 1 aliphatic rings. The van der Waals surface area contributed by atoms with Crippen molar-refractivity contribution in [1.29, 1.82) is 0 Å². The summed E-state index contributed by atoms with van der Waals surface area (Å²) >= 11 is 0. The number of methoxy groups -OCH3 is 1. The molecule has 3 atom stereocenters. The standard InChI is InChI=1S/C20H26BN3O5/c1-4-29-19(25)11-15(16-7-8-18(28-3)22-12-16)6-5-9-24-14(2)10-17(20(24)26)23-13-21-27/h5-8,12-15,17H,4,9-11H2,1-3H3/t14-,15+,17+/m1/s1. The van der Waals surface area contributed by atoms with Crippen LogP contribution < -0.4 is 4.74 Å². The number of aromatic nitrogens is 1. The zero-order valence-electron chi connectivity index (χ0n) is 17.0. The number of carbonyl (C=O) groups excluding carboxylic acids is 2. The van der Waals surface area contributed by atoms with Crippen LogP contribution in [0.4, 0.5) is 0 Å². The minimum atomic E-state index is -0.510. The predicted molar refractivity (Wildman–Crippen MR) is 108 cm³/mol. The van der Waals surface area contributed by atoms with Gasteiger partial charge in [0.15, 0.2) is 0 Å². The summed E-state index contributed by atoms with van der Waals surface area (Å²) in [5, 5.41) is 0. The van der Waals surface area contributed by atoms with Crippen molar-refractivity contribution in [2.45, 2.75) is 44.7 Å². The molecule has 0 unspecified atom stereocenters. The first-order valence-corrected chi connectivity index (χ1v) is 9.59. The van der Waals surface area contributed by atoms with Crippen molar-refractivity contribution in [3.63, 3.8) is 0 Å². The van der Waals surface area contributed by atoms with E-state index in [9.17, 15) is 14.3 Å². The second kappa shape index (κ2) is 11.2. The fourth-order valence-corrected chi connectivity index (χ4v) is 3.26. The number of hydrogen-bond acceptors (Lipinski definition) is 7. The van der Waals surface area contributed by atoms with Gasteiger partial charge in [0.1, 0.15) is 0 Å². The molecule has 9 heteroatoms. The zero-order valence-corrected chi connectivity index (χ0v) is 17.0. The average molecular weight is 399 g/mol. The van der Waals surface area contributed by atoms with Crippen molar-refractivity contribution in [2.24, 2.45) is 4.99 Å². The van der Waals surface area contributed by atoms with E-state index in [1.807, 2.05) is 25.1 Å². The molecule has 0 saturated carbocycles. The maximum atomic E-state index is 12.5. The average Bonchev–Trinajstić information content (AvgIpc) is 2.99. The molecule has 1 aromatic rings. The van der Waals surface area contributed by atoms with Gasteiger partial charge in [-0.05, 0) is 6.92 Å². The number of esters is 1. The number of allylic oxidation sites excluding steroid dienone is 1. The van der Waals surface area contributed by atoms with Gasteiger partial charge >= 0.3 is 139 Å². The molecule has 1 amide bonds. The molecule has 2 rings (SSSR count). The van der Waals surface area contributed by atoms with Gasteiger partial charge in [-0.15, -0.1) is 0 Å². The Labute approximate surface area is 171 Å². The number of nitrogens with zero attached hydrogens (tertiary/aromatic N) is 3. The summed E-state index contributed by atoms with van der Waals surface area (Å²) in [7, 11) is 2.11. The molecule has 154 valence electrons. The summed E-state index contributed by atoms with van der Waals surface area (Å²) in [6.45, 7) is 4.43. The summed E-state index contributed by atoms with van der Waals surface area (Å²) in [5.41, 5.74) is 0.851. The first kappa shape index (κ1) is 22.5. The van der Waals surface area contributed by atoms with Crippen LogP contribution in [0.3, 0.4) is 0 Å². The zero-order chi connectivity index (χ0) is 21.2. The Kier molecular flexibility index (Phi) is 8.70. The summed E-state index contributed by atoms with van der Waals surface area (Å²) in [4.78, 5) is 34.4. The fraction of sp³-hybridized carbons (Fsp3) is 0.500. The van der Waals surface area contributed by atoms with E-state index in [0.717, 1.165) is 11.7 Å². The summed E-state index contributed by atoms with van der Waals surface area (Å²) in [5.74, 6) is -0.143. The van der Waals surface area contributed by atoms with E-state index in [-0.39, 0.29) is 30.3 Å². The van der Waals surface area contributed by atoms with E-state index in [4.69, 9.17) is 9.47 Å². The van der Waals surface area contributed by atoms with Gasteiger partial charge in [0.05, 0.1) is 13.7 Å². The van der Waals surface area contributed by atoms with E-state index in [0.29, 0.717) is 32.6 Å². The first-order chi connectivity index (χ1) is 14.0. The molecule has 8 nitrogen and oxygen atoms in total. The Morgan fingerprint density at radius 3 is 2.90 bits per heavy atom. The van der Waals surface area contributed by atoms with Gasteiger partial charge < -0.3 is 4.74 Å². The number of aliphatic imine (C=N–C) groups is 1. The number of ether oxygens (including phenoxy) is 2. The van der Waals surface area contributed by atoms with Gasteiger partial charge in [0.25, 0.3) is 0 Å². The van der Waals surface area contributed by atoms with E-state index in [2.05, 4.69) is 9.98 Å². The number of pyridine rings is 1. The molecule has 1 aliphatic heterocycles. The van der Waals surface area contributed by atoms with Gasteiger partial charge in [0.2, 0.25) is 5.88 Å². The van der Waals surface area contributed by atoms with E-state index in [1.54, 1.807) is 31.2 Å². The third kappa shape index (κ3) is 6.34. The van der Waals surface area contributed by atoms with Crippen LogP contribution in [-0.2, 0) is 19.0 Å².